The maximum absolute atomic E-state index is 12.1. The Morgan fingerprint density at radius 3 is 2.72 bits per heavy atom. The zero-order valence-corrected chi connectivity index (χ0v) is 12.5. The Hall–Kier alpha value is -0.810. The van der Waals surface area contributed by atoms with Gasteiger partial charge in [0.15, 0.2) is 0 Å². The monoisotopic (exact) mass is 267 g/mol. The van der Waals surface area contributed by atoms with E-state index >= 15 is 0 Å². The van der Waals surface area contributed by atoms with Gasteiger partial charge in [-0.2, -0.15) is 5.10 Å². The van der Waals surface area contributed by atoms with Crippen molar-refractivity contribution < 1.29 is 4.55 Å². The SMILES string of the molecule is CC(C)C1CC(=N[S+]([O-])C(C)(C)C)c2ccnn21. The molecule has 5 heteroatoms. The molecule has 1 aliphatic rings. The van der Waals surface area contributed by atoms with Crippen LogP contribution in [0.5, 0.6) is 0 Å². The summed E-state index contributed by atoms with van der Waals surface area (Å²) in [5.41, 5.74) is 1.95. The van der Waals surface area contributed by atoms with E-state index in [1.165, 1.54) is 0 Å². The van der Waals surface area contributed by atoms with Crippen molar-refractivity contribution in [2.24, 2.45) is 10.3 Å². The average Bonchev–Trinajstić information content (AvgIpc) is 2.79. The van der Waals surface area contributed by atoms with E-state index in [0.29, 0.717) is 12.0 Å². The lowest BCUT2D eigenvalue weighted by Crippen LogP contribution is -2.26. The lowest BCUT2D eigenvalue weighted by Gasteiger charge is -2.18. The Bertz CT molecular complexity index is 459. The van der Waals surface area contributed by atoms with E-state index in [1.807, 2.05) is 31.5 Å². The first-order valence-corrected chi connectivity index (χ1v) is 7.45. The van der Waals surface area contributed by atoms with Crippen LogP contribution in [0.25, 0.3) is 0 Å². The average molecular weight is 267 g/mol. The van der Waals surface area contributed by atoms with Crippen LogP contribution in [0.2, 0.25) is 0 Å². The van der Waals surface area contributed by atoms with Crippen LogP contribution < -0.4 is 0 Å². The van der Waals surface area contributed by atoms with Crippen molar-refractivity contribution in [2.75, 3.05) is 0 Å². The van der Waals surface area contributed by atoms with Crippen LogP contribution in [0.1, 0.15) is 52.8 Å². The Morgan fingerprint density at radius 2 is 2.17 bits per heavy atom. The summed E-state index contributed by atoms with van der Waals surface area (Å²) in [5.74, 6) is 0.499. The number of aromatic nitrogens is 2. The Labute approximate surface area is 112 Å². The molecule has 0 bridgehead atoms. The van der Waals surface area contributed by atoms with Crippen molar-refractivity contribution in [3.63, 3.8) is 0 Å². The molecule has 18 heavy (non-hydrogen) atoms. The summed E-state index contributed by atoms with van der Waals surface area (Å²) in [4.78, 5) is 0. The fourth-order valence-electron chi connectivity index (χ4n) is 2.04. The van der Waals surface area contributed by atoms with Crippen LogP contribution in [0.4, 0.5) is 0 Å². The van der Waals surface area contributed by atoms with Crippen molar-refractivity contribution in [3.05, 3.63) is 18.0 Å². The van der Waals surface area contributed by atoms with E-state index in [9.17, 15) is 4.55 Å². The zero-order valence-electron chi connectivity index (χ0n) is 11.7. The Kier molecular flexibility index (Phi) is 3.56. The largest absolute Gasteiger partial charge is 0.591 e. The minimum absolute atomic E-state index is 0.312. The van der Waals surface area contributed by atoms with E-state index in [4.69, 9.17) is 0 Å². The molecule has 0 radical (unpaired) electrons. The number of hydrogen-bond acceptors (Lipinski definition) is 3. The van der Waals surface area contributed by atoms with Crippen molar-refractivity contribution in [2.45, 2.75) is 51.8 Å². The van der Waals surface area contributed by atoms with E-state index in [0.717, 1.165) is 17.8 Å². The van der Waals surface area contributed by atoms with Crippen LogP contribution in [0.15, 0.2) is 16.7 Å². The molecular formula is C13H21N3OS. The molecule has 1 aromatic rings. The topological polar surface area (TPSA) is 53.2 Å². The predicted molar refractivity (Wildman–Crippen MR) is 75.2 cm³/mol. The van der Waals surface area contributed by atoms with Gasteiger partial charge in [-0.25, -0.2) is 0 Å². The lowest BCUT2D eigenvalue weighted by atomic mass is 10.0. The van der Waals surface area contributed by atoms with Gasteiger partial charge >= 0.3 is 0 Å². The fourth-order valence-corrected chi connectivity index (χ4v) is 2.68. The second kappa shape index (κ2) is 4.70. The van der Waals surface area contributed by atoms with Gasteiger partial charge in [0.1, 0.15) is 21.8 Å². The third-order valence-corrected chi connectivity index (χ3v) is 4.60. The van der Waals surface area contributed by atoms with Crippen LogP contribution in [-0.4, -0.2) is 24.8 Å². The summed E-state index contributed by atoms with van der Waals surface area (Å²) in [6.07, 6.45) is 2.63. The minimum atomic E-state index is -1.20. The van der Waals surface area contributed by atoms with Crippen LogP contribution in [0.3, 0.4) is 0 Å². The summed E-state index contributed by atoms with van der Waals surface area (Å²) in [6, 6.07) is 2.30. The van der Waals surface area contributed by atoms with Crippen LogP contribution in [0, 0.1) is 5.92 Å². The highest BCUT2D eigenvalue weighted by molar-refractivity contribution is 7.91. The first kappa shape index (κ1) is 13.6. The minimum Gasteiger partial charge on any atom is -0.591 e. The second-order valence-electron chi connectivity index (χ2n) is 6.08. The van der Waals surface area contributed by atoms with Crippen molar-refractivity contribution in [1.29, 1.82) is 0 Å². The third kappa shape index (κ3) is 2.47. The molecule has 0 saturated carbocycles. The summed E-state index contributed by atoms with van der Waals surface area (Å²) >= 11 is -1.20. The molecule has 0 N–H and O–H groups in total. The van der Waals surface area contributed by atoms with Gasteiger partial charge in [0.2, 0.25) is 0 Å². The molecule has 0 aromatic carbocycles. The summed E-state index contributed by atoms with van der Waals surface area (Å²) in [6.45, 7) is 10.2. The van der Waals surface area contributed by atoms with Crippen LogP contribution in [-0.2, 0) is 11.4 Å². The maximum atomic E-state index is 12.1. The highest BCUT2D eigenvalue weighted by Crippen LogP contribution is 2.32. The van der Waals surface area contributed by atoms with E-state index in [2.05, 4.69) is 23.3 Å². The second-order valence-corrected chi connectivity index (χ2v) is 7.98. The van der Waals surface area contributed by atoms with Gasteiger partial charge in [0.05, 0.1) is 11.7 Å². The smallest absolute Gasteiger partial charge is 0.144 e. The molecule has 2 heterocycles. The first-order valence-electron chi connectivity index (χ1n) is 6.34. The molecule has 4 nitrogen and oxygen atoms in total. The standard InChI is InChI=1S/C13H21N3OS/c1-9(2)12-8-10(11-6-7-14-16(11)12)15-18(17)13(3,4)5/h6-7,9,12H,8H2,1-5H3. The van der Waals surface area contributed by atoms with Gasteiger partial charge in [0, 0.05) is 12.6 Å². The van der Waals surface area contributed by atoms with Crippen molar-refractivity contribution >= 4 is 17.1 Å². The third-order valence-electron chi connectivity index (χ3n) is 3.17. The quantitative estimate of drug-likeness (QED) is 0.774. The Morgan fingerprint density at radius 1 is 1.50 bits per heavy atom. The number of nitrogens with zero attached hydrogens (tertiary/aromatic N) is 3. The number of rotatable bonds is 2. The molecule has 1 aromatic heterocycles. The number of fused-ring (bicyclic) bond motifs is 1. The molecule has 0 saturated heterocycles. The molecule has 0 spiro atoms. The van der Waals surface area contributed by atoms with Gasteiger partial charge in [0.25, 0.3) is 0 Å². The molecule has 1 aliphatic heterocycles. The molecule has 2 atom stereocenters. The highest BCUT2D eigenvalue weighted by Gasteiger charge is 2.34. The van der Waals surface area contributed by atoms with Gasteiger partial charge in [-0.15, -0.1) is 0 Å². The predicted octanol–water partition coefficient (Wildman–Crippen LogP) is 2.74. The molecule has 2 unspecified atom stereocenters. The Balaban J connectivity index is 2.31. The van der Waals surface area contributed by atoms with Crippen LogP contribution >= 0.6 is 0 Å². The van der Waals surface area contributed by atoms with Crippen molar-refractivity contribution in [3.8, 4) is 0 Å². The van der Waals surface area contributed by atoms with Gasteiger partial charge in [-0.3, -0.25) is 4.68 Å². The van der Waals surface area contributed by atoms with E-state index in [-0.39, 0.29) is 4.75 Å². The van der Waals surface area contributed by atoms with E-state index < -0.39 is 11.4 Å². The molecule has 100 valence electrons. The number of hydrogen-bond donors (Lipinski definition) is 0. The van der Waals surface area contributed by atoms with E-state index in [1.54, 1.807) is 6.20 Å². The molecule has 0 amide bonds. The van der Waals surface area contributed by atoms with Gasteiger partial charge < -0.3 is 4.55 Å². The lowest BCUT2D eigenvalue weighted by molar-refractivity contribution is 0.373. The summed E-state index contributed by atoms with van der Waals surface area (Å²) < 4.78 is 18.2. The molecule has 0 aliphatic carbocycles. The maximum Gasteiger partial charge on any atom is 0.144 e. The zero-order chi connectivity index (χ0) is 13.5. The van der Waals surface area contributed by atoms with Gasteiger partial charge in [-0.05, 0) is 32.8 Å². The fraction of sp³-hybridized carbons (Fsp3) is 0.692. The summed E-state index contributed by atoms with van der Waals surface area (Å²) in [5, 5.41) is 4.36. The van der Waals surface area contributed by atoms with Crippen molar-refractivity contribution in [1.82, 2.24) is 9.78 Å². The highest BCUT2D eigenvalue weighted by atomic mass is 32.2. The molecule has 2 rings (SSSR count). The summed E-state index contributed by atoms with van der Waals surface area (Å²) in [7, 11) is 0. The first-order chi connectivity index (χ1) is 8.30. The molecular weight excluding hydrogens is 246 g/mol. The normalized spacial score (nSPS) is 23.7. The van der Waals surface area contributed by atoms with Gasteiger partial charge in [-0.1, -0.05) is 18.2 Å². The molecule has 0 fully saturated rings.